The smallest absolute Gasteiger partial charge is 0.156 e. The Labute approximate surface area is 184 Å². The van der Waals surface area contributed by atoms with E-state index < -0.39 is 0 Å². The average molecular weight is 415 g/mol. The molecule has 0 aliphatic heterocycles. The Bertz CT molecular complexity index is 1180. The van der Waals surface area contributed by atoms with Gasteiger partial charge in [-0.25, -0.2) is 4.98 Å². The van der Waals surface area contributed by atoms with Crippen molar-refractivity contribution in [2.45, 2.75) is 47.5 Å². The third-order valence-electron chi connectivity index (χ3n) is 5.86. The van der Waals surface area contributed by atoms with Gasteiger partial charge in [0, 0.05) is 17.3 Å². The second-order valence-electron chi connectivity index (χ2n) is 7.95. The Balaban J connectivity index is 2.28. The number of Topliss-reactive ketones (excluding diaryl/α,β-unsaturated/α-hetero) is 1. The number of rotatable bonds is 8. The second-order valence-corrected chi connectivity index (χ2v) is 7.95. The van der Waals surface area contributed by atoms with Gasteiger partial charge in [-0.2, -0.15) is 0 Å². The van der Waals surface area contributed by atoms with Gasteiger partial charge in [0.2, 0.25) is 0 Å². The molecule has 0 amide bonds. The van der Waals surface area contributed by atoms with Gasteiger partial charge in [-0.1, -0.05) is 63.6 Å². The Morgan fingerprint density at radius 1 is 1.16 bits per heavy atom. The molecule has 1 aromatic carbocycles. The summed E-state index contributed by atoms with van der Waals surface area (Å²) in [5.74, 6) is 0.477. The number of aryl methyl sites for hydroxylation is 1. The van der Waals surface area contributed by atoms with Crippen LogP contribution in [-0.4, -0.2) is 21.5 Å². The predicted octanol–water partition coefficient (Wildman–Crippen LogP) is 6.34. The predicted molar refractivity (Wildman–Crippen MR) is 127 cm³/mol. The first-order valence-electron chi connectivity index (χ1n) is 10.9. The van der Waals surface area contributed by atoms with E-state index >= 15 is 0 Å². The van der Waals surface area contributed by atoms with Gasteiger partial charge in [0.15, 0.2) is 5.78 Å². The highest BCUT2D eigenvalue weighted by molar-refractivity contribution is 6.04. The van der Waals surface area contributed by atoms with Gasteiger partial charge in [0.25, 0.3) is 0 Å². The number of pyridine rings is 1. The van der Waals surface area contributed by atoms with Crippen molar-refractivity contribution in [3.63, 3.8) is 0 Å². The maximum Gasteiger partial charge on any atom is 0.156 e. The summed E-state index contributed by atoms with van der Waals surface area (Å²) >= 11 is 0. The normalized spacial score (nSPS) is 13.5. The van der Waals surface area contributed by atoms with Crippen LogP contribution in [0.1, 0.15) is 62.7 Å². The minimum Gasteiger partial charge on any atom is -0.303 e. The van der Waals surface area contributed by atoms with Crippen LogP contribution in [0, 0.1) is 5.92 Å². The summed E-state index contributed by atoms with van der Waals surface area (Å²) in [7, 11) is 0. The highest BCUT2D eigenvalue weighted by Gasteiger charge is 2.18. The minimum atomic E-state index is 0.0555. The highest BCUT2D eigenvalue weighted by Crippen LogP contribution is 2.34. The Morgan fingerprint density at radius 2 is 1.90 bits per heavy atom. The molecule has 0 saturated heterocycles. The lowest BCUT2D eigenvalue weighted by Crippen LogP contribution is -2.00. The van der Waals surface area contributed by atoms with Crippen molar-refractivity contribution in [1.82, 2.24) is 9.38 Å². The van der Waals surface area contributed by atoms with E-state index in [9.17, 15) is 9.59 Å². The number of nitrogens with zero attached hydrogens (tertiary/aromatic N) is 2. The fourth-order valence-electron chi connectivity index (χ4n) is 3.67. The number of carbonyl (C=O) groups excluding carboxylic acids is 2. The first kappa shape index (κ1) is 22.4. The third kappa shape index (κ3) is 4.58. The number of hydrogen-bond donors (Lipinski definition) is 0. The lowest BCUT2D eigenvalue weighted by molar-refractivity contribution is -0.113. The van der Waals surface area contributed by atoms with Gasteiger partial charge in [-0.15, -0.1) is 0 Å². The van der Waals surface area contributed by atoms with E-state index in [1.54, 1.807) is 19.1 Å². The molecule has 0 spiro atoms. The second kappa shape index (κ2) is 9.69. The fraction of sp³-hybridized carbons (Fsp3) is 0.296. The average Bonchev–Trinajstić information content (AvgIpc) is 3.16. The molecule has 3 rings (SSSR count). The molecule has 1 atom stereocenters. The summed E-state index contributed by atoms with van der Waals surface area (Å²) in [6, 6.07) is 11.7. The Hall–Kier alpha value is -3.27. The quantitative estimate of drug-likeness (QED) is 0.245. The summed E-state index contributed by atoms with van der Waals surface area (Å²) < 4.78 is 2.04. The van der Waals surface area contributed by atoms with E-state index in [2.05, 4.69) is 45.1 Å². The summed E-state index contributed by atoms with van der Waals surface area (Å²) in [5, 5.41) is 0. The molecular weight excluding hydrogens is 384 g/mol. The monoisotopic (exact) mass is 414 g/mol. The van der Waals surface area contributed by atoms with Crippen molar-refractivity contribution in [2.75, 3.05) is 0 Å². The number of fused-ring (bicyclic) bond motifs is 1. The summed E-state index contributed by atoms with van der Waals surface area (Å²) in [6.45, 7) is 9.92. The molecule has 3 aromatic rings. The topological polar surface area (TPSA) is 51.4 Å². The largest absolute Gasteiger partial charge is 0.303 e. The molecule has 2 aromatic heterocycles. The van der Waals surface area contributed by atoms with Crippen molar-refractivity contribution >= 4 is 23.3 Å². The molecule has 1 unspecified atom stereocenters. The molecule has 0 aliphatic carbocycles. The molecule has 2 heterocycles. The molecule has 0 bridgehead atoms. The molecule has 4 heteroatoms. The van der Waals surface area contributed by atoms with E-state index in [0.717, 1.165) is 58.4 Å². The number of hydrogen-bond acceptors (Lipinski definition) is 3. The van der Waals surface area contributed by atoms with E-state index in [0.29, 0.717) is 11.5 Å². The van der Waals surface area contributed by atoms with Gasteiger partial charge < -0.3 is 4.40 Å². The highest BCUT2D eigenvalue weighted by atomic mass is 16.1. The zero-order valence-electron chi connectivity index (χ0n) is 19.0. The van der Waals surface area contributed by atoms with Crippen LogP contribution in [0.4, 0.5) is 0 Å². The molecule has 0 radical (unpaired) electrons. The van der Waals surface area contributed by atoms with E-state index in [1.807, 2.05) is 29.7 Å². The zero-order valence-corrected chi connectivity index (χ0v) is 19.0. The van der Waals surface area contributed by atoms with Gasteiger partial charge in [0.1, 0.15) is 11.9 Å². The summed E-state index contributed by atoms with van der Waals surface area (Å²) in [5.41, 5.74) is 6.94. The number of aldehydes is 1. The van der Waals surface area contributed by atoms with Gasteiger partial charge in [0.05, 0.1) is 11.4 Å². The van der Waals surface area contributed by atoms with Crippen LogP contribution in [-0.2, 0) is 11.2 Å². The van der Waals surface area contributed by atoms with Crippen LogP contribution in [0.15, 0.2) is 60.3 Å². The lowest BCUT2D eigenvalue weighted by atomic mass is 9.91. The standard InChI is InChI=1S/C27H30N2O2/c1-6-18(3)12-13-22(19(4)20(5)31)23-10-8-9-11-24(23)27-25(7-2)29-15-14-21(17-30)16-26(29)28-27/h8-18H,6-7H2,1-5H3/b13-12-,22-19+. The number of benzene rings is 1. The molecule has 0 saturated carbocycles. The summed E-state index contributed by atoms with van der Waals surface area (Å²) in [4.78, 5) is 28.4. The Kier molecular flexibility index (Phi) is 7.01. The molecule has 31 heavy (non-hydrogen) atoms. The fourth-order valence-corrected chi connectivity index (χ4v) is 3.67. The van der Waals surface area contributed by atoms with E-state index in [-0.39, 0.29) is 5.78 Å². The van der Waals surface area contributed by atoms with Crippen LogP contribution in [0.25, 0.3) is 22.5 Å². The maximum atomic E-state index is 12.3. The number of allylic oxidation sites excluding steroid dienone is 4. The zero-order chi connectivity index (χ0) is 22.5. The Morgan fingerprint density at radius 3 is 2.55 bits per heavy atom. The molecular formula is C27H30N2O2. The summed E-state index contributed by atoms with van der Waals surface area (Å²) in [6.07, 6.45) is 8.81. The molecule has 0 N–H and O–H groups in total. The first-order valence-corrected chi connectivity index (χ1v) is 10.9. The third-order valence-corrected chi connectivity index (χ3v) is 5.86. The number of carbonyl (C=O) groups is 2. The van der Waals surface area contributed by atoms with Crippen molar-refractivity contribution < 1.29 is 9.59 Å². The van der Waals surface area contributed by atoms with Crippen LogP contribution in [0.2, 0.25) is 0 Å². The van der Waals surface area contributed by atoms with Crippen LogP contribution in [0.3, 0.4) is 0 Å². The molecule has 0 fully saturated rings. The van der Waals surface area contributed by atoms with Crippen LogP contribution in [0.5, 0.6) is 0 Å². The van der Waals surface area contributed by atoms with E-state index in [1.165, 1.54) is 0 Å². The van der Waals surface area contributed by atoms with Crippen molar-refractivity contribution in [2.24, 2.45) is 5.92 Å². The number of imidazole rings is 1. The van der Waals surface area contributed by atoms with Crippen LogP contribution >= 0.6 is 0 Å². The van der Waals surface area contributed by atoms with Crippen molar-refractivity contribution in [3.05, 3.63) is 77.1 Å². The lowest BCUT2D eigenvalue weighted by Gasteiger charge is -2.14. The number of aromatic nitrogens is 2. The SMILES string of the molecule is CCc1c(-c2ccccc2C(/C=C\C(C)CC)=C(\C)C(C)=O)nc2cc(C=O)ccn12. The van der Waals surface area contributed by atoms with E-state index in [4.69, 9.17) is 4.98 Å². The van der Waals surface area contributed by atoms with Gasteiger partial charge in [-0.05, 0) is 55.0 Å². The maximum absolute atomic E-state index is 12.3. The van der Waals surface area contributed by atoms with Crippen molar-refractivity contribution in [1.29, 1.82) is 0 Å². The molecule has 160 valence electrons. The molecule has 4 nitrogen and oxygen atoms in total. The van der Waals surface area contributed by atoms with Gasteiger partial charge in [-0.3, -0.25) is 9.59 Å². The number of ketones is 1. The van der Waals surface area contributed by atoms with Crippen molar-refractivity contribution in [3.8, 4) is 11.3 Å². The minimum absolute atomic E-state index is 0.0555. The first-order chi connectivity index (χ1) is 14.9. The molecule has 0 aliphatic rings. The van der Waals surface area contributed by atoms with Gasteiger partial charge >= 0.3 is 0 Å². The van der Waals surface area contributed by atoms with Crippen LogP contribution < -0.4 is 0 Å².